The summed E-state index contributed by atoms with van der Waals surface area (Å²) in [5.74, 6) is 0. The van der Waals surface area contributed by atoms with Gasteiger partial charge in [0, 0.05) is 16.8 Å². The van der Waals surface area contributed by atoms with E-state index in [-0.39, 0.29) is 10.8 Å². The van der Waals surface area contributed by atoms with Crippen LogP contribution in [0.25, 0.3) is 0 Å². The molecular formula is C12H12BrNO3S2. The summed E-state index contributed by atoms with van der Waals surface area (Å²) in [5.41, 5.74) is 1.46. The Morgan fingerprint density at radius 2 is 1.89 bits per heavy atom. The maximum Gasteiger partial charge on any atom is 0.272 e. The molecule has 0 radical (unpaired) electrons. The zero-order chi connectivity index (χ0) is 13.9. The lowest BCUT2D eigenvalue weighted by molar-refractivity contribution is 0.299. The Morgan fingerprint density at radius 1 is 1.21 bits per heavy atom. The van der Waals surface area contributed by atoms with Crippen LogP contribution in [0.15, 0.2) is 44.4 Å². The van der Waals surface area contributed by atoms with Gasteiger partial charge < -0.3 is 5.11 Å². The van der Waals surface area contributed by atoms with E-state index in [9.17, 15) is 8.42 Å². The van der Waals surface area contributed by atoms with Crippen LogP contribution in [0.1, 0.15) is 5.56 Å². The number of anilines is 1. The van der Waals surface area contributed by atoms with Gasteiger partial charge in [-0.05, 0) is 51.5 Å². The van der Waals surface area contributed by atoms with Crippen LogP contribution < -0.4 is 4.72 Å². The fourth-order valence-corrected chi connectivity index (χ4v) is 4.94. The molecule has 0 aliphatic heterocycles. The van der Waals surface area contributed by atoms with E-state index in [1.54, 1.807) is 35.7 Å². The molecule has 1 heterocycles. The van der Waals surface area contributed by atoms with Gasteiger partial charge in [0.2, 0.25) is 0 Å². The van der Waals surface area contributed by atoms with Gasteiger partial charge in [-0.3, -0.25) is 4.72 Å². The molecule has 2 rings (SSSR count). The normalized spacial score (nSPS) is 11.5. The Balaban J connectivity index is 2.19. The summed E-state index contributed by atoms with van der Waals surface area (Å²) >= 11 is 4.37. The van der Waals surface area contributed by atoms with E-state index < -0.39 is 10.0 Å². The van der Waals surface area contributed by atoms with Crippen LogP contribution in [0.5, 0.6) is 0 Å². The molecule has 0 fully saturated rings. The van der Waals surface area contributed by atoms with Crippen molar-refractivity contribution in [1.82, 2.24) is 0 Å². The van der Waals surface area contributed by atoms with Gasteiger partial charge in [0.15, 0.2) is 4.21 Å². The Kier molecular flexibility index (Phi) is 4.62. The van der Waals surface area contributed by atoms with Crippen molar-refractivity contribution in [3.8, 4) is 0 Å². The number of halogens is 1. The predicted molar refractivity (Wildman–Crippen MR) is 80.1 cm³/mol. The van der Waals surface area contributed by atoms with Crippen molar-refractivity contribution < 1.29 is 13.5 Å². The molecule has 2 N–H and O–H groups in total. The first kappa shape index (κ1) is 14.5. The van der Waals surface area contributed by atoms with Crippen molar-refractivity contribution in [3.05, 3.63) is 45.7 Å². The maximum absolute atomic E-state index is 12.1. The van der Waals surface area contributed by atoms with E-state index in [4.69, 9.17) is 5.11 Å². The molecule has 1 aromatic heterocycles. The lowest BCUT2D eigenvalue weighted by Gasteiger charge is -2.07. The molecule has 0 bridgehead atoms. The smallest absolute Gasteiger partial charge is 0.272 e. The van der Waals surface area contributed by atoms with Crippen LogP contribution in [0.4, 0.5) is 5.69 Å². The van der Waals surface area contributed by atoms with Crippen molar-refractivity contribution in [1.29, 1.82) is 0 Å². The number of aliphatic hydroxyl groups is 1. The van der Waals surface area contributed by atoms with Gasteiger partial charge in [-0.15, -0.1) is 11.3 Å². The van der Waals surface area contributed by atoms with Gasteiger partial charge in [0.1, 0.15) is 0 Å². The predicted octanol–water partition coefficient (Wildman–Crippen LogP) is 2.85. The van der Waals surface area contributed by atoms with Crippen molar-refractivity contribution >= 4 is 43.0 Å². The lowest BCUT2D eigenvalue weighted by atomic mass is 10.1. The Hall–Kier alpha value is -0.890. The van der Waals surface area contributed by atoms with E-state index in [0.29, 0.717) is 16.6 Å². The molecule has 0 atom stereocenters. The highest BCUT2D eigenvalue weighted by Crippen LogP contribution is 2.29. The molecule has 0 aliphatic carbocycles. The van der Waals surface area contributed by atoms with E-state index >= 15 is 0 Å². The van der Waals surface area contributed by atoms with Crippen molar-refractivity contribution in [2.45, 2.75) is 10.6 Å². The van der Waals surface area contributed by atoms with E-state index in [1.165, 1.54) is 0 Å². The molecule has 0 aliphatic rings. The Morgan fingerprint density at radius 3 is 2.42 bits per heavy atom. The number of thiophene rings is 1. The van der Waals surface area contributed by atoms with Gasteiger partial charge in [0.25, 0.3) is 10.0 Å². The van der Waals surface area contributed by atoms with E-state index in [1.807, 2.05) is 0 Å². The average molecular weight is 362 g/mol. The van der Waals surface area contributed by atoms with Gasteiger partial charge in [-0.25, -0.2) is 8.42 Å². The zero-order valence-electron chi connectivity index (χ0n) is 9.84. The Bertz CT molecular complexity index is 650. The summed E-state index contributed by atoms with van der Waals surface area (Å²) in [5, 5.41) is 10.5. The third-order valence-electron chi connectivity index (χ3n) is 2.44. The molecule has 0 saturated heterocycles. The second-order valence-electron chi connectivity index (χ2n) is 3.83. The van der Waals surface area contributed by atoms with Crippen molar-refractivity contribution in [3.63, 3.8) is 0 Å². The van der Waals surface area contributed by atoms with Crippen LogP contribution in [-0.2, 0) is 16.4 Å². The summed E-state index contributed by atoms with van der Waals surface area (Å²) in [6.07, 6.45) is 0.559. The molecule has 1 aromatic carbocycles. The largest absolute Gasteiger partial charge is 0.396 e. The van der Waals surface area contributed by atoms with E-state index in [0.717, 1.165) is 16.9 Å². The summed E-state index contributed by atoms with van der Waals surface area (Å²) in [6, 6.07) is 8.65. The van der Waals surface area contributed by atoms with Crippen LogP contribution in [-0.4, -0.2) is 20.1 Å². The molecule has 7 heteroatoms. The second-order valence-corrected chi connectivity index (χ2v) is 7.48. The maximum atomic E-state index is 12.1. The number of aliphatic hydroxyl groups excluding tert-OH is 1. The minimum atomic E-state index is -3.55. The molecule has 0 saturated carbocycles. The van der Waals surface area contributed by atoms with Crippen molar-refractivity contribution in [2.75, 3.05) is 11.3 Å². The first-order chi connectivity index (χ1) is 9.03. The van der Waals surface area contributed by atoms with Gasteiger partial charge >= 0.3 is 0 Å². The number of benzene rings is 1. The minimum absolute atomic E-state index is 0.0766. The molecule has 4 nitrogen and oxygen atoms in total. The summed E-state index contributed by atoms with van der Waals surface area (Å²) in [7, 11) is -3.55. The highest BCUT2D eigenvalue weighted by molar-refractivity contribution is 9.10. The van der Waals surface area contributed by atoms with Crippen molar-refractivity contribution in [2.24, 2.45) is 0 Å². The van der Waals surface area contributed by atoms with E-state index in [2.05, 4.69) is 20.7 Å². The average Bonchev–Trinajstić information content (AvgIpc) is 2.79. The second kappa shape index (κ2) is 6.04. The fraction of sp³-hybridized carbons (Fsp3) is 0.167. The van der Waals surface area contributed by atoms with Crippen LogP contribution in [0, 0.1) is 0 Å². The van der Waals surface area contributed by atoms with Crippen LogP contribution in [0.2, 0.25) is 0 Å². The molecule has 2 aromatic rings. The third-order valence-corrected chi connectivity index (χ3v) is 6.49. The molecule has 102 valence electrons. The fourth-order valence-electron chi connectivity index (χ4n) is 1.54. The first-order valence-electron chi connectivity index (χ1n) is 5.48. The topological polar surface area (TPSA) is 66.4 Å². The molecular weight excluding hydrogens is 350 g/mol. The quantitative estimate of drug-likeness (QED) is 0.860. The van der Waals surface area contributed by atoms with Crippen LogP contribution >= 0.6 is 27.3 Å². The summed E-state index contributed by atoms with van der Waals surface area (Å²) < 4.78 is 27.6. The molecule has 0 spiro atoms. The molecule has 19 heavy (non-hydrogen) atoms. The highest BCUT2D eigenvalue weighted by atomic mass is 79.9. The standard InChI is InChI=1S/C12H12BrNO3S2/c13-11-6-8-18-12(11)19(16,17)14-10-3-1-9(2-4-10)5-7-15/h1-4,6,8,14-15H,5,7H2. The number of rotatable bonds is 5. The first-order valence-corrected chi connectivity index (χ1v) is 8.64. The molecule has 0 amide bonds. The number of hydrogen-bond acceptors (Lipinski definition) is 4. The molecule has 0 unspecified atom stereocenters. The van der Waals surface area contributed by atoms with Crippen LogP contribution in [0.3, 0.4) is 0 Å². The third kappa shape index (κ3) is 3.56. The van der Waals surface area contributed by atoms with Gasteiger partial charge in [-0.1, -0.05) is 12.1 Å². The zero-order valence-corrected chi connectivity index (χ0v) is 13.1. The lowest BCUT2D eigenvalue weighted by Crippen LogP contribution is -2.11. The Labute approximate surface area is 124 Å². The number of sulfonamides is 1. The minimum Gasteiger partial charge on any atom is -0.396 e. The highest BCUT2D eigenvalue weighted by Gasteiger charge is 2.19. The summed E-state index contributed by atoms with van der Waals surface area (Å²) in [4.78, 5) is 0. The SMILES string of the molecule is O=S(=O)(Nc1ccc(CCO)cc1)c1sccc1Br. The monoisotopic (exact) mass is 361 g/mol. The number of hydrogen-bond donors (Lipinski definition) is 2. The summed E-state index contributed by atoms with van der Waals surface area (Å²) in [6.45, 7) is 0.0766. The van der Waals surface area contributed by atoms with Gasteiger partial charge in [0.05, 0.1) is 0 Å². The number of nitrogens with one attached hydrogen (secondary N) is 1. The van der Waals surface area contributed by atoms with Gasteiger partial charge in [-0.2, -0.15) is 0 Å².